The van der Waals surface area contributed by atoms with Crippen LogP contribution in [0.5, 0.6) is 0 Å². The van der Waals surface area contributed by atoms with Crippen LogP contribution in [0.1, 0.15) is 40.0 Å². The first kappa shape index (κ1) is 17.3. The Hall–Kier alpha value is -2.05. The van der Waals surface area contributed by atoms with Gasteiger partial charge in [0.2, 0.25) is 5.91 Å². The average molecular weight is 324 g/mol. The molecule has 0 bridgehead atoms. The first-order chi connectivity index (χ1) is 10.7. The molecule has 2 amide bonds. The number of alkyl carbamates (subject to hydrolysis) is 1. The number of carbonyl (C=O) groups is 3. The second-order valence-electron chi connectivity index (χ2n) is 6.79. The largest absolute Gasteiger partial charge is 0.467 e. The normalized spacial score (nSPS) is 27.2. The number of hydrogen-bond donors (Lipinski definition) is 1. The summed E-state index contributed by atoms with van der Waals surface area (Å²) >= 11 is 0. The van der Waals surface area contributed by atoms with Crippen molar-refractivity contribution in [1.82, 2.24) is 10.2 Å². The quantitative estimate of drug-likeness (QED) is 0.612. The minimum atomic E-state index is -0.739. The van der Waals surface area contributed by atoms with Crippen LogP contribution < -0.4 is 5.32 Å². The standard InChI is InChI=1S/C16H24N2O5/c1-16(2,3)23-15(21)17-11-7-5-6-10-8-9-12(14(20)22-4)18(10)13(11)19/h5-6,10-12H,7-9H2,1-4H3,(H,17,21)/t10-,11-,12-/m0/s1. The zero-order valence-corrected chi connectivity index (χ0v) is 14.0. The zero-order chi connectivity index (χ0) is 17.2. The molecular weight excluding hydrogens is 300 g/mol. The molecule has 7 nitrogen and oxygen atoms in total. The summed E-state index contributed by atoms with van der Waals surface area (Å²) in [5.74, 6) is -0.703. The van der Waals surface area contributed by atoms with Crippen LogP contribution in [0.3, 0.4) is 0 Å². The third-order valence-corrected chi connectivity index (χ3v) is 3.88. The molecule has 1 N–H and O–H groups in total. The number of hydrogen-bond acceptors (Lipinski definition) is 5. The molecule has 2 aliphatic rings. The predicted octanol–water partition coefficient (Wildman–Crippen LogP) is 1.37. The number of carbonyl (C=O) groups excluding carboxylic acids is 3. The van der Waals surface area contributed by atoms with E-state index >= 15 is 0 Å². The lowest BCUT2D eigenvalue weighted by Gasteiger charge is -2.30. The van der Waals surface area contributed by atoms with Crippen LogP contribution in [0.4, 0.5) is 4.79 Å². The fourth-order valence-electron chi connectivity index (χ4n) is 2.93. The van der Waals surface area contributed by atoms with E-state index in [1.807, 2.05) is 12.2 Å². The Bertz CT molecular complexity index is 523. The topological polar surface area (TPSA) is 84.9 Å². The molecular formula is C16H24N2O5. The van der Waals surface area contributed by atoms with Gasteiger partial charge in [0.1, 0.15) is 17.7 Å². The number of nitrogens with one attached hydrogen (secondary N) is 1. The Kier molecular flexibility index (Phi) is 4.97. The first-order valence-electron chi connectivity index (χ1n) is 7.79. The lowest BCUT2D eigenvalue weighted by molar-refractivity contribution is -0.152. The summed E-state index contributed by atoms with van der Waals surface area (Å²) in [6.07, 6.45) is 4.78. The summed E-state index contributed by atoms with van der Waals surface area (Å²) in [6.45, 7) is 5.27. The Morgan fingerprint density at radius 2 is 2.00 bits per heavy atom. The lowest BCUT2D eigenvalue weighted by Crippen LogP contribution is -2.53. The molecule has 3 atom stereocenters. The van der Waals surface area contributed by atoms with Crippen LogP contribution in [0, 0.1) is 0 Å². The SMILES string of the molecule is COC(=O)[C@@H]1CC[C@@H]2C=CC[C@H](NC(=O)OC(C)(C)C)C(=O)N21. The Morgan fingerprint density at radius 1 is 1.30 bits per heavy atom. The highest BCUT2D eigenvalue weighted by molar-refractivity contribution is 5.91. The van der Waals surface area contributed by atoms with Crippen molar-refractivity contribution >= 4 is 18.0 Å². The Balaban J connectivity index is 2.11. The van der Waals surface area contributed by atoms with Crippen molar-refractivity contribution < 1.29 is 23.9 Å². The van der Waals surface area contributed by atoms with Gasteiger partial charge in [0.25, 0.3) is 0 Å². The number of amides is 2. The van der Waals surface area contributed by atoms with Gasteiger partial charge >= 0.3 is 12.1 Å². The fourth-order valence-corrected chi connectivity index (χ4v) is 2.93. The van der Waals surface area contributed by atoms with Crippen molar-refractivity contribution in [3.05, 3.63) is 12.2 Å². The van der Waals surface area contributed by atoms with E-state index in [0.717, 1.165) is 0 Å². The molecule has 2 aliphatic heterocycles. The minimum Gasteiger partial charge on any atom is -0.467 e. The van der Waals surface area contributed by atoms with Crippen LogP contribution in [0.25, 0.3) is 0 Å². The highest BCUT2D eigenvalue weighted by Crippen LogP contribution is 2.29. The molecule has 0 aromatic heterocycles. The van der Waals surface area contributed by atoms with Gasteiger partial charge in [-0.25, -0.2) is 9.59 Å². The molecule has 0 saturated carbocycles. The van der Waals surface area contributed by atoms with E-state index in [1.165, 1.54) is 12.0 Å². The molecule has 0 unspecified atom stereocenters. The molecule has 2 heterocycles. The monoisotopic (exact) mass is 324 g/mol. The molecule has 0 aliphatic carbocycles. The van der Waals surface area contributed by atoms with E-state index in [9.17, 15) is 14.4 Å². The molecule has 128 valence electrons. The fraction of sp³-hybridized carbons (Fsp3) is 0.688. The van der Waals surface area contributed by atoms with E-state index in [4.69, 9.17) is 9.47 Å². The molecule has 0 spiro atoms. The van der Waals surface area contributed by atoms with Crippen molar-refractivity contribution in [3.8, 4) is 0 Å². The van der Waals surface area contributed by atoms with Gasteiger partial charge in [0.15, 0.2) is 0 Å². The van der Waals surface area contributed by atoms with Crippen LogP contribution in [0.2, 0.25) is 0 Å². The number of esters is 1. The maximum atomic E-state index is 12.8. The molecule has 7 heteroatoms. The van der Waals surface area contributed by atoms with E-state index < -0.39 is 29.7 Å². The second kappa shape index (κ2) is 6.60. The summed E-state index contributed by atoms with van der Waals surface area (Å²) in [5, 5.41) is 2.60. The molecule has 2 rings (SSSR count). The van der Waals surface area contributed by atoms with Gasteiger partial charge in [-0.15, -0.1) is 0 Å². The zero-order valence-electron chi connectivity index (χ0n) is 14.0. The smallest absolute Gasteiger partial charge is 0.408 e. The van der Waals surface area contributed by atoms with E-state index in [-0.39, 0.29) is 11.9 Å². The van der Waals surface area contributed by atoms with Crippen molar-refractivity contribution in [1.29, 1.82) is 0 Å². The van der Waals surface area contributed by atoms with Crippen LogP contribution in [0.15, 0.2) is 12.2 Å². The van der Waals surface area contributed by atoms with Gasteiger partial charge in [-0.1, -0.05) is 12.2 Å². The molecule has 1 fully saturated rings. The molecule has 0 aromatic carbocycles. The number of fused-ring (bicyclic) bond motifs is 1. The predicted molar refractivity (Wildman–Crippen MR) is 82.6 cm³/mol. The number of rotatable bonds is 2. The van der Waals surface area contributed by atoms with Gasteiger partial charge in [0.05, 0.1) is 13.2 Å². The second-order valence-corrected chi connectivity index (χ2v) is 6.79. The highest BCUT2D eigenvalue weighted by Gasteiger charge is 2.44. The van der Waals surface area contributed by atoms with Crippen molar-refractivity contribution in [2.45, 2.75) is 63.8 Å². The Morgan fingerprint density at radius 3 is 2.61 bits per heavy atom. The maximum absolute atomic E-state index is 12.8. The van der Waals surface area contributed by atoms with Crippen molar-refractivity contribution in [3.63, 3.8) is 0 Å². The van der Waals surface area contributed by atoms with Crippen molar-refractivity contribution in [2.24, 2.45) is 0 Å². The van der Waals surface area contributed by atoms with Gasteiger partial charge in [0, 0.05) is 0 Å². The maximum Gasteiger partial charge on any atom is 0.408 e. The highest BCUT2D eigenvalue weighted by atomic mass is 16.6. The third-order valence-electron chi connectivity index (χ3n) is 3.88. The Labute approximate surface area is 136 Å². The van der Waals surface area contributed by atoms with E-state index in [1.54, 1.807) is 20.8 Å². The van der Waals surface area contributed by atoms with Gasteiger partial charge in [-0.3, -0.25) is 4.79 Å². The number of nitrogens with zero attached hydrogens (tertiary/aromatic N) is 1. The van der Waals surface area contributed by atoms with Crippen LogP contribution >= 0.6 is 0 Å². The minimum absolute atomic E-state index is 0.128. The summed E-state index contributed by atoms with van der Waals surface area (Å²) in [4.78, 5) is 38.1. The lowest BCUT2D eigenvalue weighted by atomic mass is 10.1. The van der Waals surface area contributed by atoms with Gasteiger partial charge in [-0.2, -0.15) is 0 Å². The summed E-state index contributed by atoms with van der Waals surface area (Å²) in [5.41, 5.74) is -0.640. The van der Waals surface area contributed by atoms with Crippen LogP contribution in [-0.4, -0.2) is 53.7 Å². The summed E-state index contributed by atoms with van der Waals surface area (Å²) < 4.78 is 9.99. The van der Waals surface area contributed by atoms with E-state index in [0.29, 0.717) is 19.3 Å². The number of ether oxygens (including phenoxy) is 2. The molecule has 0 radical (unpaired) electrons. The number of methoxy groups -OCH3 is 1. The van der Waals surface area contributed by atoms with Crippen LogP contribution in [-0.2, 0) is 19.1 Å². The average Bonchev–Trinajstić information content (AvgIpc) is 2.80. The third kappa shape index (κ3) is 4.03. The molecule has 0 aromatic rings. The van der Waals surface area contributed by atoms with E-state index in [2.05, 4.69) is 5.32 Å². The summed E-state index contributed by atoms with van der Waals surface area (Å²) in [7, 11) is 1.31. The first-order valence-corrected chi connectivity index (χ1v) is 7.79. The van der Waals surface area contributed by atoms with Gasteiger partial charge < -0.3 is 19.7 Å². The van der Waals surface area contributed by atoms with Gasteiger partial charge in [-0.05, 0) is 40.0 Å². The summed E-state index contributed by atoms with van der Waals surface area (Å²) in [6, 6.07) is -1.46. The molecule has 23 heavy (non-hydrogen) atoms. The van der Waals surface area contributed by atoms with Crippen molar-refractivity contribution in [2.75, 3.05) is 7.11 Å². The molecule has 1 saturated heterocycles.